The number of hydrogen-bond donors (Lipinski definition) is 0. The highest BCUT2D eigenvalue weighted by Crippen LogP contribution is 2.37. The van der Waals surface area contributed by atoms with Crippen LogP contribution in [0.1, 0.15) is 77.6 Å². The van der Waals surface area contributed by atoms with E-state index in [1.807, 2.05) is 0 Å². The van der Waals surface area contributed by atoms with Crippen LogP contribution in [0.2, 0.25) is 0 Å². The monoisotopic (exact) mass is 277 g/mol. The van der Waals surface area contributed by atoms with Gasteiger partial charge in [0.15, 0.2) is 0 Å². The maximum Gasteiger partial charge on any atom is 0.137 e. The lowest BCUT2D eigenvalue weighted by Gasteiger charge is -2.45. The zero-order chi connectivity index (χ0) is 13.9. The summed E-state index contributed by atoms with van der Waals surface area (Å²) in [5.74, 6) is 1.94. The Labute approximate surface area is 124 Å². The first kappa shape index (κ1) is 14.6. The number of piperidine rings is 1. The van der Waals surface area contributed by atoms with E-state index < -0.39 is 0 Å². The summed E-state index contributed by atoms with van der Waals surface area (Å²) in [6.07, 6.45) is 14.1. The average Bonchev–Trinajstić information content (AvgIpc) is 2.93. The van der Waals surface area contributed by atoms with Crippen LogP contribution < -0.4 is 0 Å². The van der Waals surface area contributed by atoms with E-state index in [0.29, 0.717) is 17.7 Å². The molecular formula is C18H31NO. The van der Waals surface area contributed by atoms with E-state index in [1.54, 1.807) is 0 Å². The SMILES string of the molecule is CCC1CCC(N2CCCCC2C2CCCC2=O)CC1. The third-order valence-electron chi connectivity index (χ3n) is 6.27. The number of hydrogen-bond acceptors (Lipinski definition) is 2. The minimum absolute atomic E-state index is 0.388. The largest absolute Gasteiger partial charge is 0.299 e. The molecule has 0 bridgehead atoms. The molecule has 0 aromatic carbocycles. The normalized spacial score (nSPS) is 40.1. The Morgan fingerprint density at radius 2 is 1.80 bits per heavy atom. The van der Waals surface area contributed by atoms with Gasteiger partial charge in [-0.15, -0.1) is 0 Å². The fraction of sp³-hybridized carbons (Fsp3) is 0.944. The molecule has 1 heterocycles. The zero-order valence-corrected chi connectivity index (χ0v) is 13.2. The molecule has 3 rings (SSSR count). The van der Waals surface area contributed by atoms with Gasteiger partial charge >= 0.3 is 0 Å². The predicted molar refractivity (Wildman–Crippen MR) is 82.7 cm³/mol. The van der Waals surface area contributed by atoms with Crippen molar-refractivity contribution in [3.8, 4) is 0 Å². The van der Waals surface area contributed by atoms with E-state index in [1.165, 1.54) is 64.3 Å². The van der Waals surface area contributed by atoms with Gasteiger partial charge in [-0.3, -0.25) is 9.69 Å². The Morgan fingerprint density at radius 3 is 2.45 bits per heavy atom. The van der Waals surface area contributed by atoms with Crippen molar-refractivity contribution in [1.29, 1.82) is 0 Å². The van der Waals surface area contributed by atoms with Crippen molar-refractivity contribution in [1.82, 2.24) is 4.90 Å². The number of nitrogens with zero attached hydrogens (tertiary/aromatic N) is 1. The summed E-state index contributed by atoms with van der Waals surface area (Å²) in [4.78, 5) is 15.0. The quantitative estimate of drug-likeness (QED) is 0.771. The van der Waals surface area contributed by atoms with Crippen LogP contribution in [-0.2, 0) is 4.79 Å². The van der Waals surface area contributed by atoms with E-state index in [-0.39, 0.29) is 0 Å². The van der Waals surface area contributed by atoms with Gasteiger partial charge in [-0.1, -0.05) is 19.8 Å². The molecule has 1 aliphatic heterocycles. The predicted octanol–water partition coefficient (Wildman–Crippen LogP) is 4.18. The van der Waals surface area contributed by atoms with Crippen LogP contribution in [-0.4, -0.2) is 29.3 Å². The molecule has 3 fully saturated rings. The summed E-state index contributed by atoms with van der Waals surface area (Å²) in [5, 5.41) is 0. The molecule has 2 aliphatic carbocycles. The summed E-state index contributed by atoms with van der Waals surface area (Å²) < 4.78 is 0. The minimum atomic E-state index is 0.388. The van der Waals surface area contributed by atoms with Crippen molar-refractivity contribution in [3.63, 3.8) is 0 Å². The van der Waals surface area contributed by atoms with Crippen molar-refractivity contribution < 1.29 is 4.79 Å². The summed E-state index contributed by atoms with van der Waals surface area (Å²) >= 11 is 0. The van der Waals surface area contributed by atoms with Gasteiger partial charge < -0.3 is 0 Å². The number of Topliss-reactive ketones (excluding diaryl/α,β-unsaturated/α-hetero) is 1. The molecular weight excluding hydrogens is 246 g/mol. The van der Waals surface area contributed by atoms with Crippen LogP contribution in [0.4, 0.5) is 0 Å². The zero-order valence-electron chi connectivity index (χ0n) is 13.2. The summed E-state index contributed by atoms with van der Waals surface area (Å²) in [6, 6.07) is 1.39. The highest BCUT2D eigenvalue weighted by atomic mass is 16.1. The second-order valence-electron chi connectivity index (χ2n) is 7.35. The van der Waals surface area contributed by atoms with Crippen LogP contribution in [0.3, 0.4) is 0 Å². The van der Waals surface area contributed by atoms with Crippen LogP contribution in [0.5, 0.6) is 0 Å². The molecule has 0 aromatic heterocycles. The molecule has 20 heavy (non-hydrogen) atoms. The van der Waals surface area contributed by atoms with Gasteiger partial charge in [0, 0.05) is 24.4 Å². The fourth-order valence-corrected chi connectivity index (χ4v) is 5.00. The van der Waals surface area contributed by atoms with Crippen LogP contribution in [0, 0.1) is 11.8 Å². The van der Waals surface area contributed by atoms with E-state index in [9.17, 15) is 4.79 Å². The van der Waals surface area contributed by atoms with Gasteiger partial charge in [-0.05, 0) is 63.8 Å². The van der Waals surface area contributed by atoms with Crippen molar-refractivity contribution in [2.45, 2.75) is 89.6 Å². The van der Waals surface area contributed by atoms with Gasteiger partial charge in [-0.25, -0.2) is 0 Å². The molecule has 0 radical (unpaired) electrons. The number of likely N-dealkylation sites (tertiary alicyclic amines) is 1. The van der Waals surface area contributed by atoms with Gasteiger partial charge in [0.1, 0.15) is 5.78 Å². The number of carbonyl (C=O) groups is 1. The van der Waals surface area contributed by atoms with E-state index in [4.69, 9.17) is 0 Å². The topological polar surface area (TPSA) is 20.3 Å². The highest BCUT2D eigenvalue weighted by molar-refractivity contribution is 5.83. The highest BCUT2D eigenvalue weighted by Gasteiger charge is 2.39. The van der Waals surface area contributed by atoms with Crippen molar-refractivity contribution in [2.75, 3.05) is 6.54 Å². The standard InChI is InChI=1S/C18H31NO/c1-2-14-9-11-15(12-10-14)19-13-4-3-7-17(19)16-6-5-8-18(16)20/h14-17H,2-13H2,1H3. The molecule has 2 nitrogen and oxygen atoms in total. The Hall–Kier alpha value is -0.370. The maximum atomic E-state index is 12.2. The molecule has 0 spiro atoms. The van der Waals surface area contributed by atoms with Gasteiger partial charge in [-0.2, -0.15) is 0 Å². The molecule has 3 aliphatic rings. The molecule has 0 N–H and O–H groups in total. The lowest BCUT2D eigenvalue weighted by atomic mass is 9.80. The molecule has 0 amide bonds. The summed E-state index contributed by atoms with van der Waals surface area (Å²) in [7, 11) is 0. The number of carbonyl (C=O) groups excluding carboxylic acids is 1. The second-order valence-corrected chi connectivity index (χ2v) is 7.35. The van der Waals surface area contributed by atoms with E-state index in [0.717, 1.165) is 24.8 Å². The average molecular weight is 277 g/mol. The molecule has 1 saturated heterocycles. The van der Waals surface area contributed by atoms with E-state index >= 15 is 0 Å². The fourth-order valence-electron chi connectivity index (χ4n) is 5.00. The molecule has 2 atom stereocenters. The molecule has 0 aromatic rings. The smallest absolute Gasteiger partial charge is 0.137 e. The number of rotatable bonds is 3. The maximum absolute atomic E-state index is 12.2. The first-order valence-electron chi connectivity index (χ1n) is 9.08. The molecule has 114 valence electrons. The van der Waals surface area contributed by atoms with Gasteiger partial charge in [0.05, 0.1) is 0 Å². The summed E-state index contributed by atoms with van der Waals surface area (Å²) in [6.45, 7) is 3.60. The Bertz CT molecular complexity index is 332. The van der Waals surface area contributed by atoms with Crippen LogP contribution >= 0.6 is 0 Å². The summed E-state index contributed by atoms with van der Waals surface area (Å²) in [5.41, 5.74) is 0. The first-order chi connectivity index (χ1) is 9.79. The second kappa shape index (κ2) is 6.60. The third kappa shape index (κ3) is 2.95. The molecule has 2 heteroatoms. The third-order valence-corrected chi connectivity index (χ3v) is 6.27. The Morgan fingerprint density at radius 1 is 1.00 bits per heavy atom. The lowest BCUT2D eigenvalue weighted by molar-refractivity contribution is -0.123. The lowest BCUT2D eigenvalue weighted by Crippen LogP contribution is -2.51. The first-order valence-corrected chi connectivity index (χ1v) is 9.08. The minimum Gasteiger partial charge on any atom is -0.299 e. The van der Waals surface area contributed by atoms with Gasteiger partial charge in [0.2, 0.25) is 0 Å². The Kier molecular flexibility index (Phi) is 4.80. The van der Waals surface area contributed by atoms with Gasteiger partial charge in [0.25, 0.3) is 0 Å². The van der Waals surface area contributed by atoms with Crippen LogP contribution in [0.25, 0.3) is 0 Å². The van der Waals surface area contributed by atoms with Crippen molar-refractivity contribution in [2.24, 2.45) is 11.8 Å². The number of ketones is 1. The van der Waals surface area contributed by atoms with Crippen molar-refractivity contribution >= 4 is 5.78 Å². The van der Waals surface area contributed by atoms with E-state index in [2.05, 4.69) is 11.8 Å². The van der Waals surface area contributed by atoms with Crippen LogP contribution in [0.15, 0.2) is 0 Å². The molecule has 2 unspecified atom stereocenters. The Balaban J connectivity index is 1.65. The van der Waals surface area contributed by atoms with Crippen molar-refractivity contribution in [3.05, 3.63) is 0 Å². The molecule has 2 saturated carbocycles.